The van der Waals surface area contributed by atoms with E-state index in [9.17, 15) is 4.79 Å². The molecule has 0 unspecified atom stereocenters. The molecule has 0 aliphatic heterocycles. The highest BCUT2D eigenvalue weighted by atomic mass is 16.5. The Morgan fingerprint density at radius 3 is 2.63 bits per heavy atom. The van der Waals surface area contributed by atoms with E-state index < -0.39 is 0 Å². The van der Waals surface area contributed by atoms with Crippen LogP contribution >= 0.6 is 0 Å². The molecule has 0 spiro atoms. The summed E-state index contributed by atoms with van der Waals surface area (Å²) in [5, 5.41) is 0. The fraction of sp³-hybridized carbons (Fsp3) is 0.824. The molecule has 2 aliphatic rings. The summed E-state index contributed by atoms with van der Waals surface area (Å²) < 4.78 is 5.73. The number of fused-ring (bicyclic) bond motifs is 1. The third-order valence-electron chi connectivity index (χ3n) is 6.13. The minimum atomic E-state index is 0.184. The van der Waals surface area contributed by atoms with Crippen LogP contribution in [0.2, 0.25) is 0 Å². The summed E-state index contributed by atoms with van der Waals surface area (Å²) in [6, 6.07) is 0. The van der Waals surface area contributed by atoms with Crippen LogP contribution in [0.3, 0.4) is 0 Å². The third kappa shape index (κ3) is 2.18. The maximum atomic E-state index is 11.1. The van der Waals surface area contributed by atoms with Gasteiger partial charge in [0.2, 0.25) is 0 Å². The van der Waals surface area contributed by atoms with Crippen LogP contribution in [0.5, 0.6) is 0 Å². The molecule has 0 saturated heterocycles. The van der Waals surface area contributed by atoms with E-state index in [0.717, 1.165) is 25.5 Å². The standard InChI is InChI=1S/C17H28O2/c1-12-6-7-14-16(2,3)15(19-5)8-10-17(14,4)13(12)9-11-18/h11,13-15H,1,6-10H2,2-5H3/t13-,14+,15+,17-/m1/s1. The van der Waals surface area contributed by atoms with E-state index in [2.05, 4.69) is 27.4 Å². The number of carbonyl (C=O) groups excluding carboxylic acids is 1. The Labute approximate surface area is 117 Å². The molecule has 0 heterocycles. The molecule has 108 valence electrons. The zero-order chi connectivity index (χ0) is 14.3. The van der Waals surface area contributed by atoms with E-state index in [-0.39, 0.29) is 10.8 Å². The maximum Gasteiger partial charge on any atom is 0.120 e. The second kappa shape index (κ2) is 5.05. The Kier molecular flexibility index (Phi) is 3.92. The van der Waals surface area contributed by atoms with Crippen LogP contribution in [-0.2, 0) is 9.53 Å². The molecule has 0 radical (unpaired) electrons. The summed E-state index contributed by atoms with van der Waals surface area (Å²) in [5.74, 6) is 0.981. The van der Waals surface area contributed by atoms with Gasteiger partial charge < -0.3 is 9.53 Å². The van der Waals surface area contributed by atoms with E-state index >= 15 is 0 Å². The van der Waals surface area contributed by atoms with Gasteiger partial charge in [-0.2, -0.15) is 0 Å². The first-order valence-corrected chi connectivity index (χ1v) is 7.52. The summed E-state index contributed by atoms with van der Waals surface area (Å²) in [4.78, 5) is 11.1. The Bertz CT molecular complexity index is 371. The van der Waals surface area contributed by atoms with Crippen molar-refractivity contribution in [3.05, 3.63) is 12.2 Å². The van der Waals surface area contributed by atoms with Crippen molar-refractivity contribution in [1.29, 1.82) is 0 Å². The molecule has 0 aromatic carbocycles. The number of rotatable bonds is 3. The summed E-state index contributed by atoms with van der Waals surface area (Å²) >= 11 is 0. The van der Waals surface area contributed by atoms with Gasteiger partial charge in [0.05, 0.1) is 6.10 Å². The summed E-state index contributed by atoms with van der Waals surface area (Å²) in [7, 11) is 1.83. The van der Waals surface area contributed by atoms with Gasteiger partial charge in [-0.15, -0.1) is 0 Å². The number of aldehydes is 1. The number of hydrogen-bond donors (Lipinski definition) is 0. The van der Waals surface area contributed by atoms with E-state index in [1.807, 2.05) is 7.11 Å². The Morgan fingerprint density at radius 1 is 1.37 bits per heavy atom. The largest absolute Gasteiger partial charge is 0.381 e. The van der Waals surface area contributed by atoms with Gasteiger partial charge >= 0.3 is 0 Å². The monoisotopic (exact) mass is 264 g/mol. The van der Waals surface area contributed by atoms with Gasteiger partial charge in [-0.25, -0.2) is 0 Å². The molecule has 2 saturated carbocycles. The fourth-order valence-electron chi connectivity index (χ4n) is 5.11. The minimum absolute atomic E-state index is 0.184. The van der Waals surface area contributed by atoms with Crippen molar-refractivity contribution in [2.24, 2.45) is 22.7 Å². The molecule has 19 heavy (non-hydrogen) atoms. The normalized spacial score (nSPS) is 41.7. The van der Waals surface area contributed by atoms with Gasteiger partial charge in [-0.05, 0) is 48.3 Å². The lowest BCUT2D eigenvalue weighted by atomic mass is 9.46. The van der Waals surface area contributed by atoms with E-state index in [4.69, 9.17) is 4.74 Å². The zero-order valence-corrected chi connectivity index (χ0v) is 12.9. The van der Waals surface area contributed by atoms with Gasteiger partial charge in [0, 0.05) is 13.5 Å². The Balaban J connectivity index is 2.35. The number of methoxy groups -OCH3 is 1. The minimum Gasteiger partial charge on any atom is -0.381 e. The fourth-order valence-corrected chi connectivity index (χ4v) is 5.11. The molecule has 2 heteroatoms. The van der Waals surface area contributed by atoms with Crippen LogP contribution in [0, 0.1) is 22.7 Å². The SMILES string of the molecule is C=C1CC[C@H]2C(C)(C)[C@@H](OC)CC[C@]2(C)[C@@H]1CC=O. The van der Waals surface area contributed by atoms with Crippen molar-refractivity contribution in [3.63, 3.8) is 0 Å². The zero-order valence-electron chi connectivity index (χ0n) is 12.9. The van der Waals surface area contributed by atoms with Gasteiger partial charge in [0.15, 0.2) is 0 Å². The Hall–Kier alpha value is -0.630. The molecule has 0 aromatic rings. The lowest BCUT2D eigenvalue weighted by molar-refractivity contribution is -0.139. The average Bonchev–Trinajstić information content (AvgIpc) is 2.33. The summed E-state index contributed by atoms with van der Waals surface area (Å²) in [6.07, 6.45) is 6.57. The lowest BCUT2D eigenvalue weighted by Gasteiger charge is -2.59. The van der Waals surface area contributed by atoms with E-state index in [1.165, 1.54) is 12.0 Å². The van der Waals surface area contributed by atoms with Crippen molar-refractivity contribution in [1.82, 2.24) is 0 Å². The van der Waals surface area contributed by atoms with Crippen molar-refractivity contribution in [2.45, 2.75) is 59.0 Å². The molecule has 0 aromatic heterocycles. The Morgan fingerprint density at radius 2 is 2.05 bits per heavy atom. The first-order chi connectivity index (χ1) is 8.87. The molecule has 2 nitrogen and oxygen atoms in total. The molecule has 0 bridgehead atoms. The number of allylic oxidation sites excluding steroid dienone is 1. The number of carbonyl (C=O) groups is 1. The summed E-state index contributed by atoms with van der Waals surface area (Å²) in [6.45, 7) is 11.3. The van der Waals surface area contributed by atoms with Crippen LogP contribution in [0.4, 0.5) is 0 Å². The predicted molar refractivity (Wildman–Crippen MR) is 78.0 cm³/mol. The second-order valence-electron chi connectivity index (χ2n) is 7.29. The molecule has 2 aliphatic carbocycles. The molecular weight excluding hydrogens is 236 g/mol. The number of ether oxygens (including phenoxy) is 1. The van der Waals surface area contributed by atoms with E-state index in [1.54, 1.807) is 0 Å². The highest BCUT2D eigenvalue weighted by molar-refractivity contribution is 5.51. The average molecular weight is 264 g/mol. The first kappa shape index (κ1) is 14.8. The first-order valence-electron chi connectivity index (χ1n) is 7.52. The van der Waals surface area contributed by atoms with Crippen molar-refractivity contribution in [3.8, 4) is 0 Å². The highest BCUT2D eigenvalue weighted by Crippen LogP contribution is 2.61. The molecule has 4 atom stereocenters. The molecular formula is C17H28O2. The third-order valence-corrected chi connectivity index (χ3v) is 6.13. The number of hydrogen-bond acceptors (Lipinski definition) is 2. The smallest absolute Gasteiger partial charge is 0.120 e. The maximum absolute atomic E-state index is 11.1. The highest BCUT2D eigenvalue weighted by Gasteiger charge is 2.56. The van der Waals surface area contributed by atoms with Gasteiger partial charge in [0.25, 0.3) is 0 Å². The van der Waals surface area contributed by atoms with E-state index in [0.29, 0.717) is 24.4 Å². The summed E-state index contributed by atoms with van der Waals surface area (Å²) in [5.41, 5.74) is 1.69. The second-order valence-corrected chi connectivity index (χ2v) is 7.29. The lowest BCUT2D eigenvalue weighted by Crippen LogP contribution is -2.55. The van der Waals surface area contributed by atoms with Gasteiger partial charge in [-0.3, -0.25) is 0 Å². The van der Waals surface area contributed by atoms with Gasteiger partial charge in [0.1, 0.15) is 6.29 Å². The van der Waals surface area contributed by atoms with Gasteiger partial charge in [-0.1, -0.05) is 32.9 Å². The van der Waals surface area contributed by atoms with Crippen molar-refractivity contribution >= 4 is 6.29 Å². The van der Waals surface area contributed by atoms with Crippen LogP contribution in [-0.4, -0.2) is 19.5 Å². The van der Waals surface area contributed by atoms with Crippen molar-refractivity contribution < 1.29 is 9.53 Å². The topological polar surface area (TPSA) is 26.3 Å². The molecule has 2 rings (SSSR count). The quantitative estimate of drug-likeness (QED) is 0.569. The van der Waals surface area contributed by atoms with Crippen LogP contribution in [0.25, 0.3) is 0 Å². The van der Waals surface area contributed by atoms with Crippen molar-refractivity contribution in [2.75, 3.05) is 7.11 Å². The van der Waals surface area contributed by atoms with Crippen LogP contribution in [0.1, 0.15) is 52.9 Å². The van der Waals surface area contributed by atoms with Crippen LogP contribution < -0.4 is 0 Å². The molecule has 0 N–H and O–H groups in total. The predicted octanol–water partition coefficient (Wildman–Crippen LogP) is 4.00. The molecule has 2 fully saturated rings. The van der Waals surface area contributed by atoms with Crippen LogP contribution in [0.15, 0.2) is 12.2 Å². The molecule has 0 amide bonds.